The van der Waals surface area contributed by atoms with Gasteiger partial charge in [0, 0.05) is 37.1 Å². The van der Waals surface area contributed by atoms with Crippen LogP contribution in [0.5, 0.6) is 5.75 Å². The van der Waals surface area contributed by atoms with Crippen LogP contribution in [0.3, 0.4) is 0 Å². The summed E-state index contributed by atoms with van der Waals surface area (Å²) >= 11 is 0. The van der Waals surface area contributed by atoms with Gasteiger partial charge in [0.25, 0.3) is 11.8 Å². The number of amides is 2. The molecule has 142 valence electrons. The molecule has 0 saturated carbocycles. The lowest BCUT2D eigenvalue weighted by Crippen LogP contribution is -2.47. The third kappa shape index (κ3) is 5.06. The van der Waals surface area contributed by atoms with Crippen molar-refractivity contribution in [3.63, 3.8) is 0 Å². The SMILES string of the molecule is Cc1ccc(OCC(=O)NC2CCN(C(=O)c3ccncc3)CC2)c(C)c1. The minimum Gasteiger partial charge on any atom is -0.484 e. The van der Waals surface area contributed by atoms with Gasteiger partial charge in [-0.05, 0) is 50.5 Å². The van der Waals surface area contributed by atoms with E-state index in [0.29, 0.717) is 18.7 Å². The van der Waals surface area contributed by atoms with Crippen molar-refractivity contribution in [3.05, 3.63) is 59.4 Å². The zero-order chi connectivity index (χ0) is 19.2. The van der Waals surface area contributed by atoms with Crippen molar-refractivity contribution < 1.29 is 14.3 Å². The van der Waals surface area contributed by atoms with Gasteiger partial charge in [0.2, 0.25) is 0 Å². The van der Waals surface area contributed by atoms with E-state index in [1.165, 1.54) is 0 Å². The smallest absolute Gasteiger partial charge is 0.258 e. The molecule has 1 N–H and O–H groups in total. The van der Waals surface area contributed by atoms with Gasteiger partial charge in [0.15, 0.2) is 6.61 Å². The van der Waals surface area contributed by atoms with Crippen LogP contribution in [0.25, 0.3) is 0 Å². The molecule has 0 spiro atoms. The second-order valence-electron chi connectivity index (χ2n) is 6.93. The molecule has 1 aliphatic heterocycles. The van der Waals surface area contributed by atoms with Crippen LogP contribution in [-0.2, 0) is 4.79 Å². The van der Waals surface area contributed by atoms with Crippen LogP contribution >= 0.6 is 0 Å². The number of pyridine rings is 1. The maximum Gasteiger partial charge on any atom is 0.258 e. The molecule has 1 aromatic heterocycles. The van der Waals surface area contributed by atoms with E-state index >= 15 is 0 Å². The van der Waals surface area contributed by atoms with Crippen molar-refractivity contribution in [1.82, 2.24) is 15.2 Å². The average molecular weight is 367 g/mol. The molecular weight excluding hydrogens is 342 g/mol. The van der Waals surface area contributed by atoms with Crippen LogP contribution in [-0.4, -0.2) is 47.4 Å². The average Bonchev–Trinajstić information content (AvgIpc) is 2.68. The molecule has 1 fully saturated rings. The molecule has 2 aromatic rings. The molecule has 0 unspecified atom stereocenters. The van der Waals surface area contributed by atoms with Crippen molar-refractivity contribution in [2.24, 2.45) is 0 Å². The van der Waals surface area contributed by atoms with Crippen LogP contribution in [0.1, 0.15) is 34.3 Å². The quantitative estimate of drug-likeness (QED) is 0.881. The number of hydrogen-bond donors (Lipinski definition) is 1. The summed E-state index contributed by atoms with van der Waals surface area (Å²) in [4.78, 5) is 30.4. The van der Waals surface area contributed by atoms with Crippen LogP contribution in [0, 0.1) is 13.8 Å². The molecule has 6 nitrogen and oxygen atoms in total. The van der Waals surface area contributed by atoms with Gasteiger partial charge in [-0.2, -0.15) is 0 Å². The molecule has 6 heteroatoms. The van der Waals surface area contributed by atoms with E-state index in [1.807, 2.05) is 36.9 Å². The number of piperidine rings is 1. The maximum absolute atomic E-state index is 12.4. The summed E-state index contributed by atoms with van der Waals surface area (Å²) in [5, 5.41) is 3.01. The minimum atomic E-state index is -0.131. The van der Waals surface area contributed by atoms with Gasteiger partial charge in [-0.15, -0.1) is 0 Å². The first-order valence-corrected chi connectivity index (χ1v) is 9.21. The van der Waals surface area contributed by atoms with Crippen molar-refractivity contribution in [2.45, 2.75) is 32.7 Å². The Labute approximate surface area is 159 Å². The lowest BCUT2D eigenvalue weighted by Gasteiger charge is -2.32. The van der Waals surface area contributed by atoms with Gasteiger partial charge < -0.3 is 15.0 Å². The Morgan fingerprint density at radius 3 is 2.52 bits per heavy atom. The fourth-order valence-corrected chi connectivity index (χ4v) is 3.28. The predicted octanol–water partition coefficient (Wildman–Crippen LogP) is 2.50. The molecule has 3 rings (SSSR count). The summed E-state index contributed by atoms with van der Waals surface area (Å²) in [6, 6.07) is 9.41. The molecule has 1 saturated heterocycles. The number of carbonyl (C=O) groups excluding carboxylic acids is 2. The highest BCUT2D eigenvalue weighted by atomic mass is 16.5. The number of carbonyl (C=O) groups is 2. The summed E-state index contributed by atoms with van der Waals surface area (Å²) in [6.45, 7) is 5.25. The molecule has 0 bridgehead atoms. The van der Waals surface area contributed by atoms with Crippen LogP contribution in [0.2, 0.25) is 0 Å². The highest BCUT2D eigenvalue weighted by Crippen LogP contribution is 2.18. The Balaban J connectivity index is 1.43. The maximum atomic E-state index is 12.4. The number of ether oxygens (including phenoxy) is 1. The molecule has 1 aliphatic rings. The number of aromatic nitrogens is 1. The van der Waals surface area contributed by atoms with E-state index in [9.17, 15) is 9.59 Å². The Morgan fingerprint density at radius 1 is 1.15 bits per heavy atom. The number of hydrogen-bond acceptors (Lipinski definition) is 4. The lowest BCUT2D eigenvalue weighted by molar-refractivity contribution is -0.124. The number of nitrogens with one attached hydrogen (secondary N) is 1. The topological polar surface area (TPSA) is 71.5 Å². The molecule has 27 heavy (non-hydrogen) atoms. The Bertz CT molecular complexity index is 800. The Kier molecular flexibility index (Phi) is 6.06. The summed E-state index contributed by atoms with van der Waals surface area (Å²) in [6.07, 6.45) is 4.73. The highest BCUT2D eigenvalue weighted by Gasteiger charge is 2.24. The monoisotopic (exact) mass is 367 g/mol. The number of likely N-dealkylation sites (tertiary alicyclic amines) is 1. The summed E-state index contributed by atoms with van der Waals surface area (Å²) in [5.41, 5.74) is 2.83. The van der Waals surface area contributed by atoms with E-state index in [4.69, 9.17) is 4.74 Å². The van der Waals surface area contributed by atoms with Gasteiger partial charge in [-0.1, -0.05) is 17.7 Å². The Hall–Kier alpha value is -2.89. The standard InChI is InChI=1S/C21H25N3O3/c1-15-3-4-19(16(2)13-15)27-14-20(25)23-18-7-11-24(12-8-18)21(26)17-5-9-22-10-6-17/h3-6,9-10,13,18H,7-8,11-12,14H2,1-2H3,(H,23,25). The molecule has 2 amide bonds. The molecule has 1 aromatic carbocycles. The molecule has 0 aliphatic carbocycles. The normalized spacial score (nSPS) is 14.7. The summed E-state index contributed by atoms with van der Waals surface area (Å²) in [5.74, 6) is 0.614. The number of rotatable bonds is 5. The molecule has 0 atom stereocenters. The number of benzene rings is 1. The minimum absolute atomic E-state index is 0.0000607. The molecule has 0 radical (unpaired) electrons. The zero-order valence-corrected chi connectivity index (χ0v) is 15.8. The highest BCUT2D eigenvalue weighted by molar-refractivity contribution is 5.94. The molecule has 2 heterocycles. The first kappa shape index (κ1) is 18.9. The molecular formula is C21H25N3O3. The van der Waals surface area contributed by atoms with Gasteiger partial charge in [0.1, 0.15) is 5.75 Å². The van der Waals surface area contributed by atoms with Crippen LogP contribution in [0.15, 0.2) is 42.7 Å². The third-order valence-corrected chi connectivity index (χ3v) is 4.76. The van der Waals surface area contributed by atoms with E-state index in [-0.39, 0.29) is 24.5 Å². The first-order valence-electron chi connectivity index (χ1n) is 9.21. The van der Waals surface area contributed by atoms with E-state index < -0.39 is 0 Å². The van der Waals surface area contributed by atoms with Gasteiger partial charge in [-0.25, -0.2) is 0 Å². The summed E-state index contributed by atoms with van der Waals surface area (Å²) < 4.78 is 5.63. The predicted molar refractivity (Wildman–Crippen MR) is 103 cm³/mol. The van der Waals surface area contributed by atoms with Gasteiger partial charge in [0.05, 0.1) is 0 Å². The third-order valence-electron chi connectivity index (χ3n) is 4.76. The fourth-order valence-electron chi connectivity index (χ4n) is 3.28. The van der Waals surface area contributed by atoms with Crippen molar-refractivity contribution in [2.75, 3.05) is 19.7 Å². The summed E-state index contributed by atoms with van der Waals surface area (Å²) in [7, 11) is 0. The van der Waals surface area contributed by atoms with Crippen molar-refractivity contribution in [1.29, 1.82) is 0 Å². The van der Waals surface area contributed by atoms with E-state index in [0.717, 1.165) is 29.7 Å². The second-order valence-corrected chi connectivity index (χ2v) is 6.93. The van der Waals surface area contributed by atoms with Crippen LogP contribution in [0.4, 0.5) is 0 Å². The number of aryl methyl sites for hydroxylation is 2. The number of nitrogens with zero attached hydrogens (tertiary/aromatic N) is 2. The zero-order valence-electron chi connectivity index (χ0n) is 15.8. The van der Waals surface area contributed by atoms with Gasteiger partial charge >= 0.3 is 0 Å². The van der Waals surface area contributed by atoms with Gasteiger partial charge in [-0.3, -0.25) is 14.6 Å². The lowest BCUT2D eigenvalue weighted by atomic mass is 10.0. The fraction of sp³-hybridized carbons (Fsp3) is 0.381. The van der Waals surface area contributed by atoms with Crippen molar-refractivity contribution >= 4 is 11.8 Å². The van der Waals surface area contributed by atoms with Crippen LogP contribution < -0.4 is 10.1 Å². The Morgan fingerprint density at radius 2 is 1.85 bits per heavy atom. The second kappa shape index (κ2) is 8.66. The first-order chi connectivity index (χ1) is 13.0. The van der Waals surface area contributed by atoms with Crippen molar-refractivity contribution in [3.8, 4) is 5.75 Å². The van der Waals surface area contributed by atoms with E-state index in [1.54, 1.807) is 24.5 Å². The largest absolute Gasteiger partial charge is 0.484 e. The van der Waals surface area contributed by atoms with E-state index in [2.05, 4.69) is 10.3 Å².